The maximum absolute atomic E-state index is 5.67. The van der Waals surface area contributed by atoms with E-state index in [2.05, 4.69) is 6.92 Å². The van der Waals surface area contributed by atoms with Crippen molar-refractivity contribution in [3.05, 3.63) is 0 Å². The van der Waals surface area contributed by atoms with Gasteiger partial charge in [0.1, 0.15) is 0 Å². The first kappa shape index (κ1) is 15.3. The lowest BCUT2D eigenvalue weighted by Gasteiger charge is -2.08. The minimum absolute atomic E-state index is 0.157. The van der Waals surface area contributed by atoms with Crippen molar-refractivity contribution in [1.29, 1.82) is 0 Å². The largest absolute Gasteiger partial charge is 0.349 e. The van der Waals surface area contributed by atoms with Crippen LogP contribution in [0.15, 0.2) is 0 Å². The van der Waals surface area contributed by atoms with E-state index >= 15 is 0 Å². The van der Waals surface area contributed by atoms with Crippen molar-refractivity contribution in [2.75, 3.05) is 12.5 Å². The van der Waals surface area contributed by atoms with E-state index in [1.165, 1.54) is 51.4 Å². The monoisotopic (exact) mass is 262 g/mol. The van der Waals surface area contributed by atoms with Gasteiger partial charge in [-0.25, -0.2) is 0 Å². The van der Waals surface area contributed by atoms with Crippen LogP contribution in [0.25, 0.3) is 0 Å². The first-order valence-electron chi connectivity index (χ1n) is 7.19. The van der Waals surface area contributed by atoms with Crippen LogP contribution in [0.2, 0.25) is 0 Å². The summed E-state index contributed by atoms with van der Waals surface area (Å²) in [5.74, 6) is 0.452. The van der Waals surface area contributed by atoms with Crippen LogP contribution >= 0.6 is 11.6 Å². The highest BCUT2D eigenvalue weighted by molar-refractivity contribution is 6.18. The van der Waals surface area contributed by atoms with Gasteiger partial charge < -0.3 is 9.47 Å². The number of rotatable bonds is 10. The molecular weight excluding hydrogens is 236 g/mol. The minimum Gasteiger partial charge on any atom is -0.349 e. The molecule has 0 radical (unpaired) electrons. The summed E-state index contributed by atoms with van der Waals surface area (Å²) in [7, 11) is 0. The first-order chi connectivity index (χ1) is 8.36. The molecule has 0 spiro atoms. The maximum Gasteiger partial charge on any atom is 0.171 e. The molecule has 102 valence electrons. The van der Waals surface area contributed by atoms with Crippen LogP contribution in [0.4, 0.5) is 0 Å². The fourth-order valence-corrected chi connectivity index (χ4v) is 2.41. The van der Waals surface area contributed by atoms with Crippen LogP contribution in [0, 0.1) is 0 Å². The maximum atomic E-state index is 5.67. The van der Waals surface area contributed by atoms with Crippen LogP contribution in [-0.4, -0.2) is 24.9 Å². The summed E-state index contributed by atoms with van der Waals surface area (Å²) >= 11 is 5.67. The molecular formula is C14H27ClO2. The molecule has 2 atom stereocenters. The number of alkyl halides is 1. The predicted octanol–water partition coefficient (Wildman–Crippen LogP) is 4.50. The molecule has 1 aliphatic rings. The summed E-state index contributed by atoms with van der Waals surface area (Å²) in [6.45, 7) is 2.99. The number of hydrogen-bond donors (Lipinski definition) is 0. The molecule has 1 aliphatic heterocycles. The Kier molecular flexibility index (Phi) is 9.13. The lowest BCUT2D eigenvalue weighted by atomic mass is 10.1. The van der Waals surface area contributed by atoms with Crippen molar-refractivity contribution in [3.8, 4) is 0 Å². The van der Waals surface area contributed by atoms with Gasteiger partial charge in [0.25, 0.3) is 0 Å². The fraction of sp³-hybridized carbons (Fsp3) is 1.00. The Morgan fingerprint density at radius 1 is 1.00 bits per heavy atom. The van der Waals surface area contributed by atoms with Gasteiger partial charge >= 0.3 is 0 Å². The van der Waals surface area contributed by atoms with E-state index in [1.807, 2.05) is 0 Å². The summed E-state index contributed by atoms with van der Waals surface area (Å²) in [5.41, 5.74) is 0. The zero-order valence-electron chi connectivity index (χ0n) is 11.1. The van der Waals surface area contributed by atoms with Crippen LogP contribution in [0.5, 0.6) is 0 Å². The van der Waals surface area contributed by atoms with Crippen molar-refractivity contribution in [2.24, 2.45) is 0 Å². The molecule has 2 nitrogen and oxygen atoms in total. The zero-order chi connectivity index (χ0) is 12.3. The van der Waals surface area contributed by atoms with E-state index < -0.39 is 0 Å². The van der Waals surface area contributed by atoms with Crippen molar-refractivity contribution in [3.63, 3.8) is 0 Å². The molecule has 0 bridgehead atoms. The molecule has 0 saturated carbocycles. The summed E-state index contributed by atoms with van der Waals surface area (Å²) in [4.78, 5) is 0. The number of halogens is 1. The summed E-state index contributed by atoms with van der Waals surface area (Å²) in [6.07, 6.45) is 12.2. The highest BCUT2D eigenvalue weighted by Gasteiger charge is 2.24. The Bertz CT molecular complexity index is 176. The van der Waals surface area contributed by atoms with Gasteiger partial charge in [-0.15, -0.1) is 11.6 Å². The van der Waals surface area contributed by atoms with Gasteiger partial charge in [-0.05, 0) is 6.42 Å². The fourth-order valence-electron chi connectivity index (χ4n) is 2.25. The summed E-state index contributed by atoms with van der Waals surface area (Å²) < 4.78 is 11.0. The van der Waals surface area contributed by atoms with Gasteiger partial charge in [-0.3, -0.25) is 0 Å². The smallest absolute Gasteiger partial charge is 0.171 e. The molecule has 2 unspecified atom stereocenters. The Morgan fingerprint density at radius 3 is 2.24 bits per heavy atom. The standard InChI is InChI=1S/C14H27ClO2/c1-2-3-4-5-6-7-8-9-10-13-12-16-14(11-15)17-13/h13-14H,2-12H2,1H3. The van der Waals surface area contributed by atoms with E-state index in [-0.39, 0.29) is 6.29 Å². The molecule has 17 heavy (non-hydrogen) atoms. The molecule has 3 heteroatoms. The second-order valence-electron chi connectivity index (χ2n) is 4.94. The molecule has 0 N–H and O–H groups in total. The molecule has 1 saturated heterocycles. The number of unbranched alkanes of at least 4 members (excludes halogenated alkanes) is 7. The Morgan fingerprint density at radius 2 is 1.65 bits per heavy atom. The average molecular weight is 263 g/mol. The third kappa shape index (κ3) is 7.28. The normalized spacial score (nSPS) is 24.4. The van der Waals surface area contributed by atoms with Crippen LogP contribution < -0.4 is 0 Å². The molecule has 0 aromatic carbocycles. The van der Waals surface area contributed by atoms with Gasteiger partial charge in [-0.1, -0.05) is 58.3 Å². The molecule has 0 aromatic rings. The van der Waals surface area contributed by atoms with Gasteiger partial charge in [0.05, 0.1) is 18.6 Å². The molecule has 0 aromatic heterocycles. The van der Waals surface area contributed by atoms with E-state index in [1.54, 1.807) is 0 Å². The van der Waals surface area contributed by atoms with Crippen molar-refractivity contribution in [2.45, 2.75) is 77.1 Å². The first-order valence-corrected chi connectivity index (χ1v) is 7.73. The molecule has 1 rings (SSSR count). The summed E-state index contributed by atoms with van der Waals surface area (Å²) in [6, 6.07) is 0. The molecule has 0 aliphatic carbocycles. The number of hydrogen-bond acceptors (Lipinski definition) is 2. The van der Waals surface area contributed by atoms with Crippen LogP contribution in [0.3, 0.4) is 0 Å². The van der Waals surface area contributed by atoms with Gasteiger partial charge in [0.15, 0.2) is 6.29 Å². The van der Waals surface area contributed by atoms with E-state index in [9.17, 15) is 0 Å². The highest BCUT2D eigenvalue weighted by Crippen LogP contribution is 2.18. The van der Waals surface area contributed by atoms with Crippen molar-refractivity contribution in [1.82, 2.24) is 0 Å². The number of ether oxygens (including phenoxy) is 2. The zero-order valence-corrected chi connectivity index (χ0v) is 11.9. The minimum atomic E-state index is -0.157. The third-order valence-corrected chi connectivity index (χ3v) is 3.57. The van der Waals surface area contributed by atoms with Crippen molar-refractivity contribution < 1.29 is 9.47 Å². The van der Waals surface area contributed by atoms with Gasteiger partial charge in [0.2, 0.25) is 0 Å². The van der Waals surface area contributed by atoms with Crippen LogP contribution in [0.1, 0.15) is 64.7 Å². The van der Waals surface area contributed by atoms with Crippen molar-refractivity contribution >= 4 is 11.6 Å². The Labute approximate surface area is 111 Å². The second kappa shape index (κ2) is 10.2. The molecule has 0 amide bonds. The third-order valence-electron chi connectivity index (χ3n) is 3.32. The lowest BCUT2D eigenvalue weighted by molar-refractivity contribution is -0.0407. The highest BCUT2D eigenvalue weighted by atomic mass is 35.5. The SMILES string of the molecule is CCCCCCCCCCC1COC(CCl)O1. The van der Waals surface area contributed by atoms with Gasteiger partial charge in [0, 0.05) is 0 Å². The quantitative estimate of drug-likeness (QED) is 0.426. The topological polar surface area (TPSA) is 18.5 Å². The van der Waals surface area contributed by atoms with E-state index in [4.69, 9.17) is 21.1 Å². The summed E-state index contributed by atoms with van der Waals surface area (Å²) in [5, 5.41) is 0. The van der Waals surface area contributed by atoms with E-state index in [0.29, 0.717) is 12.0 Å². The Hall–Kier alpha value is 0.210. The van der Waals surface area contributed by atoms with E-state index in [0.717, 1.165) is 13.0 Å². The van der Waals surface area contributed by atoms with Gasteiger partial charge in [-0.2, -0.15) is 0 Å². The second-order valence-corrected chi connectivity index (χ2v) is 5.25. The predicted molar refractivity (Wildman–Crippen MR) is 72.6 cm³/mol. The molecule has 1 fully saturated rings. The van der Waals surface area contributed by atoms with Crippen LogP contribution in [-0.2, 0) is 9.47 Å². The lowest BCUT2D eigenvalue weighted by Crippen LogP contribution is -2.13. The average Bonchev–Trinajstić information content (AvgIpc) is 2.80. The Balaban J connectivity index is 1.81. The molecule has 1 heterocycles.